The molecule has 0 radical (unpaired) electrons. The molecule has 4 aromatic carbocycles. The number of carbonyl (C=O) groups is 2. The zero-order valence-corrected chi connectivity index (χ0v) is 43.6. The van der Waals surface area contributed by atoms with E-state index in [4.69, 9.17) is 61.6 Å². The molecule has 0 aromatic heterocycles. The van der Waals surface area contributed by atoms with Crippen molar-refractivity contribution in [3.63, 3.8) is 0 Å². The lowest BCUT2D eigenvalue weighted by atomic mass is 9.85. The predicted octanol–water partition coefficient (Wildman–Crippen LogP) is 7.28. The van der Waals surface area contributed by atoms with Gasteiger partial charge in [0.1, 0.15) is 12.1 Å². The normalized spacial score (nSPS) is 19.1. The molecule has 0 bridgehead atoms. The molecule has 2 heterocycles. The highest BCUT2D eigenvalue weighted by atomic mass is 16.6. The number of methoxy groups -OCH3 is 11. The van der Waals surface area contributed by atoms with Crippen molar-refractivity contribution in [3.8, 4) is 63.2 Å². The van der Waals surface area contributed by atoms with Crippen molar-refractivity contribution in [1.29, 1.82) is 0 Å². The summed E-state index contributed by atoms with van der Waals surface area (Å²) in [6.45, 7) is 3.20. The SMILES string of the molecule is COc1cc2c(cc1OC)C(c1cc(OC)c(OC)c(OC)c1)[N+](C)(CCCOC(=O)/C=C\C(=O)OCCC[N+]1(C)CCc3cc(OC)c(OC)c(OC)c3C1Cc1cc(OC)c(OC)c(OC)c1)CC2. The largest absolute Gasteiger partial charge is 0.493 e. The number of fused-ring (bicyclic) bond motifs is 2. The quantitative estimate of drug-likeness (QED) is 0.0299. The maximum Gasteiger partial charge on any atom is 0.331 e. The Labute approximate surface area is 418 Å². The molecule has 4 aromatic rings. The average Bonchev–Trinajstić information content (AvgIpc) is 3.39. The fourth-order valence-electron chi connectivity index (χ4n) is 10.4. The highest BCUT2D eigenvalue weighted by Gasteiger charge is 2.44. The van der Waals surface area contributed by atoms with Gasteiger partial charge in [-0.15, -0.1) is 0 Å². The van der Waals surface area contributed by atoms with Crippen LogP contribution in [0.2, 0.25) is 0 Å². The van der Waals surface area contributed by atoms with Gasteiger partial charge in [0.2, 0.25) is 17.2 Å². The summed E-state index contributed by atoms with van der Waals surface area (Å²) in [5.74, 6) is 4.97. The lowest BCUT2D eigenvalue weighted by Gasteiger charge is -2.46. The monoisotopic (exact) mass is 988 g/mol. The van der Waals surface area contributed by atoms with Gasteiger partial charge in [0.05, 0.1) is 137 Å². The first-order valence-electron chi connectivity index (χ1n) is 23.6. The first kappa shape index (κ1) is 53.6. The van der Waals surface area contributed by atoms with Crippen LogP contribution in [0.3, 0.4) is 0 Å². The van der Waals surface area contributed by atoms with Gasteiger partial charge in [0.25, 0.3) is 0 Å². The molecule has 2 aliphatic rings. The third kappa shape index (κ3) is 11.4. The number of quaternary nitrogens is 2. The van der Waals surface area contributed by atoms with E-state index in [2.05, 4.69) is 14.1 Å². The molecule has 17 heteroatoms. The van der Waals surface area contributed by atoms with Crippen molar-refractivity contribution in [2.24, 2.45) is 0 Å². The molecule has 0 spiro atoms. The van der Waals surface area contributed by atoms with E-state index < -0.39 is 11.9 Å². The van der Waals surface area contributed by atoms with E-state index in [1.807, 2.05) is 42.5 Å². The molecule has 4 unspecified atom stereocenters. The number of likely N-dealkylation sites (N-methyl/N-ethyl adjacent to an activating group) is 2. The van der Waals surface area contributed by atoms with Gasteiger partial charge >= 0.3 is 11.9 Å². The Bertz CT molecular complexity index is 2490. The van der Waals surface area contributed by atoms with Gasteiger partial charge < -0.3 is 70.5 Å². The minimum atomic E-state index is -0.633. The third-order valence-corrected chi connectivity index (χ3v) is 14.0. The van der Waals surface area contributed by atoms with E-state index in [9.17, 15) is 9.59 Å². The van der Waals surface area contributed by atoms with Crippen LogP contribution >= 0.6 is 0 Å². The maximum atomic E-state index is 13.0. The first-order chi connectivity index (χ1) is 34.2. The molecular weight excluding hydrogens is 917 g/mol. The van der Waals surface area contributed by atoms with Crippen molar-refractivity contribution in [1.82, 2.24) is 0 Å². The Kier molecular flexibility index (Phi) is 18.1. The Hall–Kier alpha value is -6.72. The average molecular weight is 989 g/mol. The molecule has 17 nitrogen and oxygen atoms in total. The van der Waals surface area contributed by atoms with Gasteiger partial charge in [-0.25, -0.2) is 9.59 Å². The highest BCUT2D eigenvalue weighted by Crippen LogP contribution is 2.52. The molecule has 386 valence electrons. The summed E-state index contributed by atoms with van der Waals surface area (Å²) in [7, 11) is 22.1. The van der Waals surface area contributed by atoms with Crippen LogP contribution in [0, 0.1) is 0 Å². The highest BCUT2D eigenvalue weighted by molar-refractivity contribution is 5.91. The Morgan fingerprint density at radius 1 is 0.493 bits per heavy atom. The Balaban J connectivity index is 1.10. The van der Waals surface area contributed by atoms with Crippen molar-refractivity contribution in [2.75, 3.05) is 132 Å². The van der Waals surface area contributed by atoms with Gasteiger partial charge in [-0.1, -0.05) is 0 Å². The number of esters is 2. The number of benzene rings is 4. The number of hydrogen-bond acceptors (Lipinski definition) is 15. The number of ether oxygens (including phenoxy) is 13. The molecule has 0 aliphatic carbocycles. The van der Waals surface area contributed by atoms with Gasteiger partial charge in [-0.2, -0.15) is 0 Å². The van der Waals surface area contributed by atoms with Crippen molar-refractivity contribution >= 4 is 11.9 Å². The van der Waals surface area contributed by atoms with Gasteiger partial charge in [0.15, 0.2) is 46.0 Å². The Morgan fingerprint density at radius 3 is 1.41 bits per heavy atom. The topological polar surface area (TPSA) is 154 Å². The van der Waals surface area contributed by atoms with E-state index in [1.54, 1.807) is 78.2 Å². The molecule has 71 heavy (non-hydrogen) atoms. The van der Waals surface area contributed by atoms with Crippen molar-refractivity contribution < 1.29 is 80.1 Å². The zero-order valence-electron chi connectivity index (χ0n) is 43.6. The van der Waals surface area contributed by atoms with Crippen LogP contribution in [0.1, 0.15) is 58.3 Å². The van der Waals surface area contributed by atoms with Crippen molar-refractivity contribution in [3.05, 3.63) is 88.0 Å². The van der Waals surface area contributed by atoms with Crippen LogP contribution in [-0.2, 0) is 38.3 Å². The molecule has 4 atom stereocenters. The summed E-state index contributed by atoms with van der Waals surface area (Å²) >= 11 is 0. The summed E-state index contributed by atoms with van der Waals surface area (Å²) in [5, 5.41) is 0. The van der Waals surface area contributed by atoms with E-state index >= 15 is 0 Å². The Morgan fingerprint density at radius 2 is 0.915 bits per heavy atom. The number of hydrogen-bond donors (Lipinski definition) is 0. The second-order valence-electron chi connectivity index (χ2n) is 18.0. The van der Waals surface area contributed by atoms with Crippen LogP contribution in [0.4, 0.5) is 0 Å². The van der Waals surface area contributed by atoms with Crippen LogP contribution in [0.15, 0.2) is 54.6 Å². The van der Waals surface area contributed by atoms with Crippen LogP contribution in [0.25, 0.3) is 0 Å². The van der Waals surface area contributed by atoms with E-state index in [-0.39, 0.29) is 25.3 Å². The summed E-state index contributed by atoms with van der Waals surface area (Å²) in [6.07, 6.45) is 5.47. The molecule has 0 N–H and O–H groups in total. The lowest BCUT2D eigenvalue weighted by molar-refractivity contribution is -0.941. The molecule has 0 saturated carbocycles. The zero-order chi connectivity index (χ0) is 51.5. The predicted molar refractivity (Wildman–Crippen MR) is 266 cm³/mol. The molecule has 2 aliphatic heterocycles. The summed E-state index contributed by atoms with van der Waals surface area (Å²) in [4.78, 5) is 25.9. The van der Waals surface area contributed by atoms with Gasteiger partial charge in [-0.05, 0) is 59.2 Å². The summed E-state index contributed by atoms with van der Waals surface area (Å²) in [5.41, 5.74) is 6.28. The second kappa shape index (κ2) is 23.9. The molecule has 0 amide bonds. The third-order valence-electron chi connectivity index (χ3n) is 14.0. The lowest BCUT2D eigenvalue weighted by Crippen LogP contribution is -2.52. The minimum Gasteiger partial charge on any atom is -0.493 e. The van der Waals surface area contributed by atoms with E-state index in [0.29, 0.717) is 105 Å². The molecule has 0 fully saturated rings. The second-order valence-corrected chi connectivity index (χ2v) is 18.0. The minimum absolute atomic E-state index is 0.120. The molecule has 0 saturated heterocycles. The van der Waals surface area contributed by atoms with Crippen LogP contribution < -0.4 is 52.1 Å². The van der Waals surface area contributed by atoms with Gasteiger partial charge in [-0.3, -0.25) is 0 Å². The van der Waals surface area contributed by atoms with Gasteiger partial charge in [0, 0.05) is 55.4 Å². The summed E-state index contributed by atoms with van der Waals surface area (Å²) < 4.78 is 75.7. The smallest absolute Gasteiger partial charge is 0.331 e. The number of rotatable bonds is 24. The summed E-state index contributed by atoms with van der Waals surface area (Å²) in [6, 6.07) is 13.7. The number of carbonyl (C=O) groups excluding carboxylic acids is 2. The maximum absolute atomic E-state index is 13.0. The van der Waals surface area contributed by atoms with Crippen LogP contribution in [0.5, 0.6) is 63.2 Å². The number of nitrogens with zero attached hydrogens (tertiary/aromatic N) is 2. The van der Waals surface area contributed by atoms with E-state index in [1.165, 1.54) is 0 Å². The van der Waals surface area contributed by atoms with E-state index in [0.717, 1.165) is 71.5 Å². The van der Waals surface area contributed by atoms with Crippen molar-refractivity contribution in [2.45, 2.75) is 44.2 Å². The standard InChI is InChI=1S/C54H72N2O15/c1-55(22-19-36-30-46(65-9)53(68-12)54(69-13)49(36)39(55)26-34-27-42(61-5)51(66-10)43(28-34)62-6)20-14-24-70-47(57)16-17-48(58)71-25-15-21-56(2)23-18-35-29-40(59-3)41(60-4)33-38(35)50(56)37-31-44(63-7)52(67-11)45(32-37)64-8/h16-17,27-33,39,50H,14-15,18-26H2,1-13H3/q+2/b17-16-. The molecular formula is C54H72N2O15+2. The van der Waals surface area contributed by atoms with Crippen LogP contribution in [-0.4, -0.2) is 153 Å². The first-order valence-corrected chi connectivity index (χ1v) is 23.6. The fourth-order valence-corrected chi connectivity index (χ4v) is 10.4. The molecule has 6 rings (SSSR count). The fraction of sp³-hybridized carbons (Fsp3) is 0.481.